The van der Waals surface area contributed by atoms with Crippen molar-refractivity contribution in [1.29, 1.82) is 0 Å². The number of pyridine rings is 1. The number of carbonyl (C=O) groups is 2. The molecule has 0 N–H and O–H groups in total. The van der Waals surface area contributed by atoms with E-state index in [0.717, 1.165) is 33.5 Å². The number of aryl methyl sites for hydroxylation is 2. The molecule has 6 nitrogen and oxygen atoms in total. The number of benzene rings is 1. The Balaban J connectivity index is 1.96. The SMILES string of the molecule is Cc1cc(C)nc(N(C)C(=O)C2(C)CCc3c(C)c(OC(=O)C(C)(C)C)c(C)c(C)c3O2)c1. The van der Waals surface area contributed by atoms with Gasteiger partial charge in [-0.3, -0.25) is 14.5 Å². The molecule has 1 amide bonds. The van der Waals surface area contributed by atoms with Gasteiger partial charge in [-0.1, -0.05) is 0 Å². The van der Waals surface area contributed by atoms with Gasteiger partial charge < -0.3 is 9.47 Å². The summed E-state index contributed by atoms with van der Waals surface area (Å²) in [6.07, 6.45) is 1.17. The highest BCUT2D eigenvalue weighted by Crippen LogP contribution is 2.44. The van der Waals surface area contributed by atoms with Crippen LogP contribution in [0.25, 0.3) is 0 Å². The number of carbonyl (C=O) groups excluding carboxylic acids is 2. The summed E-state index contributed by atoms with van der Waals surface area (Å²) in [5.74, 6) is 1.52. The Kier molecular flexibility index (Phi) is 6.35. The maximum Gasteiger partial charge on any atom is 0.316 e. The first kappa shape index (κ1) is 24.7. The summed E-state index contributed by atoms with van der Waals surface area (Å²) in [4.78, 5) is 32.2. The molecule has 0 bridgehead atoms. The van der Waals surface area contributed by atoms with Gasteiger partial charge in [-0.2, -0.15) is 0 Å². The zero-order valence-electron chi connectivity index (χ0n) is 21.6. The number of nitrogens with zero attached hydrogens (tertiary/aromatic N) is 2. The van der Waals surface area contributed by atoms with Crippen LogP contribution in [0, 0.1) is 40.0 Å². The lowest BCUT2D eigenvalue weighted by Gasteiger charge is -2.38. The van der Waals surface area contributed by atoms with Crippen molar-refractivity contribution in [3.05, 3.63) is 45.6 Å². The Labute approximate surface area is 197 Å². The molecule has 0 fully saturated rings. The van der Waals surface area contributed by atoms with E-state index in [9.17, 15) is 9.59 Å². The molecule has 0 saturated heterocycles. The average molecular weight is 453 g/mol. The highest BCUT2D eigenvalue weighted by molar-refractivity contribution is 5.98. The number of hydrogen-bond donors (Lipinski definition) is 0. The van der Waals surface area contributed by atoms with E-state index in [-0.39, 0.29) is 11.9 Å². The first-order valence-electron chi connectivity index (χ1n) is 11.4. The Hall–Kier alpha value is -2.89. The smallest absolute Gasteiger partial charge is 0.316 e. The predicted octanol–water partition coefficient (Wildman–Crippen LogP) is 5.32. The maximum atomic E-state index is 13.5. The van der Waals surface area contributed by atoms with Crippen LogP contribution in [-0.4, -0.2) is 29.5 Å². The molecule has 1 aromatic carbocycles. The van der Waals surface area contributed by atoms with Gasteiger partial charge in [0.2, 0.25) is 0 Å². The molecule has 2 aromatic rings. The van der Waals surface area contributed by atoms with Gasteiger partial charge in [-0.25, -0.2) is 4.98 Å². The molecule has 0 aliphatic carbocycles. The molecular formula is C27H36N2O4. The van der Waals surface area contributed by atoms with E-state index < -0.39 is 11.0 Å². The Morgan fingerprint density at radius 1 is 1.06 bits per heavy atom. The predicted molar refractivity (Wildman–Crippen MR) is 130 cm³/mol. The molecule has 0 radical (unpaired) electrons. The van der Waals surface area contributed by atoms with E-state index in [2.05, 4.69) is 4.98 Å². The Morgan fingerprint density at radius 2 is 1.70 bits per heavy atom. The van der Waals surface area contributed by atoms with Gasteiger partial charge in [0.05, 0.1) is 5.41 Å². The summed E-state index contributed by atoms with van der Waals surface area (Å²) in [5, 5.41) is 0. The number of ether oxygens (including phenoxy) is 2. The fourth-order valence-corrected chi connectivity index (χ4v) is 4.23. The summed E-state index contributed by atoms with van der Waals surface area (Å²) in [6, 6.07) is 3.89. The molecule has 33 heavy (non-hydrogen) atoms. The minimum atomic E-state index is -1.02. The van der Waals surface area contributed by atoms with Gasteiger partial charge >= 0.3 is 5.97 Å². The van der Waals surface area contributed by atoms with Crippen LogP contribution in [0.3, 0.4) is 0 Å². The van der Waals surface area contributed by atoms with Crippen LogP contribution in [-0.2, 0) is 16.0 Å². The first-order valence-corrected chi connectivity index (χ1v) is 11.4. The molecular weight excluding hydrogens is 416 g/mol. The van der Waals surface area contributed by atoms with Crippen molar-refractivity contribution < 1.29 is 19.1 Å². The summed E-state index contributed by atoms with van der Waals surface area (Å²) in [7, 11) is 1.74. The van der Waals surface area contributed by atoms with Crippen molar-refractivity contribution in [2.24, 2.45) is 5.41 Å². The van der Waals surface area contributed by atoms with E-state index in [4.69, 9.17) is 9.47 Å². The van der Waals surface area contributed by atoms with Crippen LogP contribution in [0.2, 0.25) is 0 Å². The van der Waals surface area contributed by atoms with Crippen molar-refractivity contribution in [1.82, 2.24) is 4.98 Å². The van der Waals surface area contributed by atoms with E-state index in [1.807, 2.05) is 74.4 Å². The number of likely N-dealkylation sites (N-methyl/N-ethyl adjacent to an activating group) is 1. The van der Waals surface area contributed by atoms with E-state index in [1.165, 1.54) is 0 Å². The van der Waals surface area contributed by atoms with Crippen molar-refractivity contribution >= 4 is 17.7 Å². The Bertz CT molecular complexity index is 1110. The van der Waals surface area contributed by atoms with Crippen LogP contribution in [0.1, 0.15) is 67.6 Å². The van der Waals surface area contributed by atoms with Gasteiger partial charge in [0, 0.05) is 24.7 Å². The summed E-state index contributed by atoms with van der Waals surface area (Å²) < 4.78 is 12.3. The van der Waals surface area contributed by atoms with Crippen molar-refractivity contribution in [2.45, 2.75) is 80.8 Å². The summed E-state index contributed by atoms with van der Waals surface area (Å²) in [5.41, 5.74) is 3.92. The lowest BCUT2D eigenvalue weighted by molar-refractivity contribution is -0.143. The van der Waals surface area contributed by atoms with Gasteiger partial charge in [0.15, 0.2) is 5.60 Å². The minimum absolute atomic E-state index is 0.136. The van der Waals surface area contributed by atoms with Gasteiger partial charge in [-0.05, 0) is 103 Å². The third-order valence-corrected chi connectivity index (χ3v) is 6.48. The highest BCUT2D eigenvalue weighted by Gasteiger charge is 2.43. The van der Waals surface area contributed by atoms with Crippen LogP contribution in [0.15, 0.2) is 12.1 Å². The number of amides is 1. The second kappa shape index (κ2) is 8.47. The monoisotopic (exact) mass is 452 g/mol. The van der Waals surface area contributed by atoms with E-state index in [0.29, 0.717) is 30.2 Å². The standard InChI is InChI=1S/C27H36N2O4/c1-15-13-16(2)28-21(14-15)29(10)24(30)27(9)12-11-20-19(5)22(32-25(31)26(6,7)8)17(3)18(4)23(20)33-27/h13-14H,11-12H2,1-10H3. The number of esters is 1. The third-order valence-electron chi connectivity index (χ3n) is 6.48. The molecule has 178 valence electrons. The van der Waals surface area contributed by atoms with Gasteiger partial charge in [0.1, 0.15) is 17.3 Å². The molecule has 3 rings (SSSR count). The number of fused-ring (bicyclic) bond motifs is 1. The van der Waals surface area contributed by atoms with Crippen LogP contribution in [0.5, 0.6) is 11.5 Å². The molecule has 6 heteroatoms. The highest BCUT2D eigenvalue weighted by atomic mass is 16.5. The van der Waals surface area contributed by atoms with Crippen molar-refractivity contribution in [3.8, 4) is 11.5 Å². The molecule has 1 unspecified atom stereocenters. The zero-order valence-corrected chi connectivity index (χ0v) is 21.6. The quantitative estimate of drug-likeness (QED) is 0.466. The molecule has 0 spiro atoms. The summed E-state index contributed by atoms with van der Waals surface area (Å²) in [6.45, 7) is 17.1. The topological polar surface area (TPSA) is 68.7 Å². The summed E-state index contributed by atoms with van der Waals surface area (Å²) >= 11 is 0. The van der Waals surface area contributed by atoms with Crippen LogP contribution in [0.4, 0.5) is 5.82 Å². The lowest BCUT2D eigenvalue weighted by atomic mass is 9.86. The lowest BCUT2D eigenvalue weighted by Crippen LogP contribution is -2.52. The van der Waals surface area contributed by atoms with Gasteiger partial charge in [0.25, 0.3) is 5.91 Å². The van der Waals surface area contributed by atoms with Crippen LogP contribution >= 0.6 is 0 Å². The van der Waals surface area contributed by atoms with Gasteiger partial charge in [-0.15, -0.1) is 0 Å². The van der Waals surface area contributed by atoms with Crippen LogP contribution < -0.4 is 14.4 Å². The Morgan fingerprint density at radius 3 is 2.27 bits per heavy atom. The average Bonchev–Trinajstić information content (AvgIpc) is 2.72. The minimum Gasteiger partial charge on any atom is -0.477 e. The molecule has 1 aliphatic rings. The second-order valence-corrected chi connectivity index (χ2v) is 10.5. The number of aromatic nitrogens is 1. The number of hydrogen-bond acceptors (Lipinski definition) is 5. The maximum absolute atomic E-state index is 13.5. The normalized spacial score (nSPS) is 17.8. The fraction of sp³-hybridized carbons (Fsp3) is 0.519. The molecule has 1 atom stereocenters. The van der Waals surface area contributed by atoms with E-state index >= 15 is 0 Å². The fourth-order valence-electron chi connectivity index (χ4n) is 4.23. The largest absolute Gasteiger partial charge is 0.477 e. The molecule has 0 saturated carbocycles. The number of rotatable bonds is 3. The van der Waals surface area contributed by atoms with Crippen molar-refractivity contribution in [2.75, 3.05) is 11.9 Å². The third kappa shape index (κ3) is 4.61. The molecule has 2 heterocycles. The van der Waals surface area contributed by atoms with E-state index in [1.54, 1.807) is 11.9 Å². The molecule has 1 aromatic heterocycles. The zero-order chi connectivity index (χ0) is 24.9. The number of anilines is 1. The second-order valence-electron chi connectivity index (χ2n) is 10.5. The molecule has 1 aliphatic heterocycles. The first-order chi connectivity index (χ1) is 15.2. The van der Waals surface area contributed by atoms with Crippen molar-refractivity contribution in [3.63, 3.8) is 0 Å².